The standard InChI is InChI=1S/C7H14N4O/c8-5(9)7(11-6(10)12)3-1-2-4-7/h1-4H2,(H3,8,9)(H3,10,11,12). The Kier molecular flexibility index (Phi) is 2.21. The Bertz CT molecular complexity index is 207. The Morgan fingerprint density at radius 3 is 2.17 bits per heavy atom. The SMILES string of the molecule is N=C(N)C1(NC(N)=O)CCCC1. The van der Waals surface area contributed by atoms with Gasteiger partial charge in [-0.05, 0) is 12.8 Å². The summed E-state index contributed by atoms with van der Waals surface area (Å²) in [5, 5.41) is 9.88. The van der Waals surface area contributed by atoms with Gasteiger partial charge in [-0.3, -0.25) is 5.41 Å². The van der Waals surface area contributed by atoms with Crippen molar-refractivity contribution in [2.75, 3.05) is 0 Å². The van der Waals surface area contributed by atoms with Crippen LogP contribution >= 0.6 is 0 Å². The molecule has 0 aromatic carbocycles. The van der Waals surface area contributed by atoms with E-state index in [4.69, 9.17) is 16.9 Å². The fourth-order valence-electron chi connectivity index (χ4n) is 1.68. The van der Waals surface area contributed by atoms with Crippen molar-refractivity contribution in [1.82, 2.24) is 5.32 Å². The van der Waals surface area contributed by atoms with Gasteiger partial charge < -0.3 is 16.8 Å². The van der Waals surface area contributed by atoms with Gasteiger partial charge in [-0.1, -0.05) is 12.8 Å². The lowest BCUT2D eigenvalue weighted by Crippen LogP contribution is -2.56. The van der Waals surface area contributed by atoms with Crippen LogP contribution in [-0.2, 0) is 0 Å². The molecule has 0 heterocycles. The van der Waals surface area contributed by atoms with E-state index in [2.05, 4.69) is 5.32 Å². The molecule has 68 valence electrons. The molecule has 2 amide bonds. The predicted molar refractivity (Wildman–Crippen MR) is 45.8 cm³/mol. The van der Waals surface area contributed by atoms with E-state index in [1.165, 1.54) is 0 Å². The lowest BCUT2D eigenvalue weighted by atomic mass is 9.96. The first-order valence-corrected chi connectivity index (χ1v) is 3.99. The smallest absolute Gasteiger partial charge is 0.312 e. The summed E-state index contributed by atoms with van der Waals surface area (Å²) in [5.74, 6) is 0.0128. The molecule has 6 N–H and O–H groups in total. The van der Waals surface area contributed by atoms with Gasteiger partial charge in [0.1, 0.15) is 5.84 Å². The average Bonchev–Trinajstić information content (AvgIpc) is 2.35. The zero-order chi connectivity index (χ0) is 9.19. The Morgan fingerprint density at radius 1 is 1.33 bits per heavy atom. The van der Waals surface area contributed by atoms with E-state index < -0.39 is 11.6 Å². The van der Waals surface area contributed by atoms with Crippen molar-refractivity contribution in [3.8, 4) is 0 Å². The molecule has 1 rings (SSSR count). The van der Waals surface area contributed by atoms with Crippen molar-refractivity contribution in [1.29, 1.82) is 5.41 Å². The van der Waals surface area contributed by atoms with E-state index in [0.29, 0.717) is 0 Å². The highest BCUT2D eigenvalue weighted by molar-refractivity contribution is 5.91. The molecule has 0 aromatic rings. The number of primary amides is 1. The third-order valence-electron chi connectivity index (χ3n) is 2.34. The third kappa shape index (κ3) is 1.49. The Labute approximate surface area is 71.0 Å². The molecule has 1 aliphatic rings. The molecule has 0 atom stereocenters. The van der Waals surface area contributed by atoms with Crippen LogP contribution in [-0.4, -0.2) is 17.4 Å². The van der Waals surface area contributed by atoms with E-state index in [1.807, 2.05) is 0 Å². The molecule has 0 saturated heterocycles. The summed E-state index contributed by atoms with van der Waals surface area (Å²) in [6.45, 7) is 0. The highest BCUT2D eigenvalue weighted by Gasteiger charge is 2.37. The summed E-state index contributed by atoms with van der Waals surface area (Å²) >= 11 is 0. The molecule has 5 nitrogen and oxygen atoms in total. The number of hydrogen-bond acceptors (Lipinski definition) is 2. The van der Waals surface area contributed by atoms with Gasteiger partial charge in [-0.15, -0.1) is 0 Å². The maximum atomic E-state index is 10.6. The van der Waals surface area contributed by atoms with E-state index in [9.17, 15) is 4.79 Å². The monoisotopic (exact) mass is 170 g/mol. The molecule has 0 bridgehead atoms. The Hall–Kier alpha value is -1.26. The summed E-state index contributed by atoms with van der Waals surface area (Å²) in [4.78, 5) is 10.6. The average molecular weight is 170 g/mol. The second kappa shape index (κ2) is 3.00. The minimum atomic E-state index is -0.647. The minimum absolute atomic E-state index is 0.0128. The van der Waals surface area contributed by atoms with Crippen LogP contribution in [0, 0.1) is 5.41 Å². The Balaban J connectivity index is 2.72. The van der Waals surface area contributed by atoms with Gasteiger partial charge in [0.05, 0.1) is 5.54 Å². The van der Waals surface area contributed by atoms with Crippen molar-refractivity contribution >= 4 is 11.9 Å². The zero-order valence-corrected chi connectivity index (χ0v) is 6.89. The van der Waals surface area contributed by atoms with Crippen molar-refractivity contribution < 1.29 is 4.79 Å². The number of amides is 2. The third-order valence-corrected chi connectivity index (χ3v) is 2.34. The molecule has 0 aliphatic heterocycles. The van der Waals surface area contributed by atoms with Crippen LogP contribution in [0.4, 0.5) is 4.79 Å². The van der Waals surface area contributed by atoms with Crippen LogP contribution in [0.1, 0.15) is 25.7 Å². The second-order valence-corrected chi connectivity index (χ2v) is 3.19. The van der Waals surface area contributed by atoms with Crippen molar-refractivity contribution in [2.24, 2.45) is 11.5 Å². The van der Waals surface area contributed by atoms with Crippen LogP contribution in [0.2, 0.25) is 0 Å². The minimum Gasteiger partial charge on any atom is -0.386 e. The largest absolute Gasteiger partial charge is 0.386 e. The number of carbonyl (C=O) groups excluding carboxylic acids is 1. The van der Waals surface area contributed by atoms with Crippen LogP contribution in [0.5, 0.6) is 0 Å². The van der Waals surface area contributed by atoms with E-state index in [-0.39, 0.29) is 5.84 Å². The fourth-order valence-corrected chi connectivity index (χ4v) is 1.68. The molecule has 12 heavy (non-hydrogen) atoms. The van der Waals surface area contributed by atoms with Gasteiger partial charge in [-0.2, -0.15) is 0 Å². The first-order valence-electron chi connectivity index (χ1n) is 3.99. The second-order valence-electron chi connectivity index (χ2n) is 3.19. The molecule has 1 aliphatic carbocycles. The predicted octanol–water partition coefficient (Wildman–Crippen LogP) is -0.0965. The van der Waals surface area contributed by atoms with Gasteiger partial charge in [0, 0.05) is 0 Å². The number of amidine groups is 1. The van der Waals surface area contributed by atoms with Gasteiger partial charge in [0.25, 0.3) is 0 Å². The molecule has 1 saturated carbocycles. The van der Waals surface area contributed by atoms with Crippen molar-refractivity contribution in [3.05, 3.63) is 0 Å². The normalized spacial score (nSPS) is 20.3. The van der Waals surface area contributed by atoms with Crippen LogP contribution in [0.15, 0.2) is 0 Å². The van der Waals surface area contributed by atoms with Crippen molar-refractivity contribution in [3.63, 3.8) is 0 Å². The summed E-state index contributed by atoms with van der Waals surface area (Å²) in [5.41, 5.74) is 9.74. The number of rotatable bonds is 2. The molecule has 5 heteroatoms. The van der Waals surface area contributed by atoms with Gasteiger partial charge in [0.2, 0.25) is 0 Å². The molecular formula is C7H14N4O. The summed E-state index contributed by atoms with van der Waals surface area (Å²) in [6.07, 6.45) is 3.43. The van der Waals surface area contributed by atoms with Crippen molar-refractivity contribution in [2.45, 2.75) is 31.2 Å². The Morgan fingerprint density at radius 2 is 1.83 bits per heavy atom. The molecule has 0 radical (unpaired) electrons. The van der Waals surface area contributed by atoms with Gasteiger partial charge >= 0.3 is 6.03 Å². The lowest BCUT2D eigenvalue weighted by Gasteiger charge is -2.27. The summed E-state index contributed by atoms with van der Waals surface area (Å²) in [6, 6.07) is -0.605. The molecule has 0 aromatic heterocycles. The highest BCUT2D eigenvalue weighted by Crippen LogP contribution is 2.29. The summed E-state index contributed by atoms with van der Waals surface area (Å²) in [7, 11) is 0. The van der Waals surface area contributed by atoms with E-state index in [0.717, 1.165) is 25.7 Å². The highest BCUT2D eigenvalue weighted by atomic mass is 16.2. The zero-order valence-electron chi connectivity index (χ0n) is 6.89. The molecular weight excluding hydrogens is 156 g/mol. The molecule has 1 fully saturated rings. The van der Waals surface area contributed by atoms with Crippen LogP contribution in [0.3, 0.4) is 0 Å². The maximum Gasteiger partial charge on any atom is 0.312 e. The number of urea groups is 1. The summed E-state index contributed by atoms with van der Waals surface area (Å²) < 4.78 is 0. The fraction of sp³-hybridized carbons (Fsp3) is 0.714. The number of hydrogen-bond donors (Lipinski definition) is 4. The lowest BCUT2D eigenvalue weighted by molar-refractivity contribution is 0.241. The first kappa shape index (κ1) is 8.83. The quantitative estimate of drug-likeness (QED) is 0.343. The van der Waals surface area contributed by atoms with Gasteiger partial charge in [-0.25, -0.2) is 4.79 Å². The molecule has 0 spiro atoms. The van der Waals surface area contributed by atoms with Crippen LogP contribution < -0.4 is 16.8 Å². The van der Waals surface area contributed by atoms with Crippen LogP contribution in [0.25, 0.3) is 0 Å². The first-order chi connectivity index (χ1) is 5.57. The number of nitrogens with one attached hydrogen (secondary N) is 2. The topological polar surface area (TPSA) is 105 Å². The van der Waals surface area contributed by atoms with E-state index >= 15 is 0 Å². The van der Waals surface area contributed by atoms with Gasteiger partial charge in [0.15, 0.2) is 0 Å². The maximum absolute atomic E-state index is 10.6. The number of nitrogens with two attached hydrogens (primary N) is 2. The number of carbonyl (C=O) groups is 1. The van der Waals surface area contributed by atoms with E-state index in [1.54, 1.807) is 0 Å². The molecule has 0 unspecified atom stereocenters.